The summed E-state index contributed by atoms with van der Waals surface area (Å²) in [7, 11) is -3.98. The van der Waals surface area contributed by atoms with Crippen LogP contribution in [0.15, 0.2) is 71.6 Å². The van der Waals surface area contributed by atoms with Crippen molar-refractivity contribution >= 4 is 45.1 Å². The lowest BCUT2D eigenvalue weighted by atomic mass is 10.1. The van der Waals surface area contributed by atoms with E-state index in [4.69, 9.17) is 9.88 Å². The van der Waals surface area contributed by atoms with Gasteiger partial charge >= 0.3 is 5.97 Å². The summed E-state index contributed by atoms with van der Waals surface area (Å²) in [6, 6.07) is 16.3. The van der Waals surface area contributed by atoms with Gasteiger partial charge in [0.15, 0.2) is 6.61 Å². The monoisotopic (exact) mass is 493 g/mol. The van der Waals surface area contributed by atoms with Crippen molar-refractivity contribution in [1.82, 2.24) is 0 Å². The predicted octanol–water partition coefficient (Wildman–Crippen LogP) is 2.24. The average molecular weight is 493 g/mol. The maximum atomic E-state index is 12.7. The lowest BCUT2D eigenvalue weighted by Gasteiger charge is -2.15. The van der Waals surface area contributed by atoms with Crippen molar-refractivity contribution in [2.75, 3.05) is 16.8 Å². The largest absolute Gasteiger partial charge is 0.452 e. The summed E-state index contributed by atoms with van der Waals surface area (Å²) in [5, 5.41) is 7.60. The molecule has 0 fully saturated rings. The third kappa shape index (κ3) is 4.81. The van der Waals surface area contributed by atoms with Crippen LogP contribution in [-0.2, 0) is 19.6 Å². The van der Waals surface area contributed by atoms with Crippen LogP contribution < -0.4 is 15.4 Å². The maximum Gasteiger partial charge on any atom is 0.338 e. The van der Waals surface area contributed by atoms with Crippen LogP contribution in [0.4, 0.5) is 11.4 Å². The Balaban J connectivity index is 1.43. The van der Waals surface area contributed by atoms with Crippen molar-refractivity contribution in [1.29, 1.82) is 0 Å². The summed E-state index contributed by atoms with van der Waals surface area (Å²) in [4.78, 5) is 50.9. The second-order valence-electron chi connectivity index (χ2n) is 7.69. The predicted molar refractivity (Wildman–Crippen MR) is 125 cm³/mol. The molecule has 0 saturated heterocycles. The van der Waals surface area contributed by atoms with Gasteiger partial charge in [-0.2, -0.15) is 0 Å². The Bertz CT molecular complexity index is 1460. The van der Waals surface area contributed by atoms with Crippen molar-refractivity contribution in [2.24, 2.45) is 5.14 Å². The topological polar surface area (TPSA) is 153 Å². The molecular weight excluding hydrogens is 474 g/mol. The number of nitrogens with one attached hydrogen (secondary N) is 1. The minimum absolute atomic E-state index is 0.0266. The van der Waals surface area contributed by atoms with Gasteiger partial charge in [0, 0.05) is 5.69 Å². The number of imide groups is 1. The quantitative estimate of drug-likeness (QED) is 0.394. The van der Waals surface area contributed by atoms with Crippen LogP contribution in [0.2, 0.25) is 0 Å². The first kappa shape index (κ1) is 23.8. The van der Waals surface area contributed by atoms with Crippen molar-refractivity contribution in [2.45, 2.75) is 11.8 Å². The molecule has 3 N–H and O–H groups in total. The van der Waals surface area contributed by atoms with Crippen LogP contribution in [0.25, 0.3) is 0 Å². The van der Waals surface area contributed by atoms with E-state index in [9.17, 15) is 27.6 Å². The minimum Gasteiger partial charge on any atom is -0.452 e. The fraction of sp³-hybridized carbons (Fsp3) is 0.0833. The molecule has 0 unspecified atom stereocenters. The van der Waals surface area contributed by atoms with Crippen LogP contribution in [0.3, 0.4) is 0 Å². The Labute approximate surface area is 200 Å². The molecule has 3 amide bonds. The van der Waals surface area contributed by atoms with E-state index in [0.717, 1.165) is 4.90 Å². The lowest BCUT2D eigenvalue weighted by Crippen LogP contribution is -2.29. The molecule has 0 aliphatic carbocycles. The Kier molecular flexibility index (Phi) is 6.20. The average Bonchev–Trinajstić information content (AvgIpc) is 3.08. The summed E-state index contributed by atoms with van der Waals surface area (Å²) >= 11 is 0. The first-order valence-corrected chi connectivity index (χ1v) is 11.8. The number of hydrogen-bond acceptors (Lipinski definition) is 7. The second-order valence-corrected chi connectivity index (χ2v) is 9.22. The smallest absolute Gasteiger partial charge is 0.338 e. The number of amides is 3. The summed E-state index contributed by atoms with van der Waals surface area (Å²) < 4.78 is 28.3. The molecule has 10 nitrogen and oxygen atoms in total. The molecule has 0 bridgehead atoms. The van der Waals surface area contributed by atoms with E-state index in [2.05, 4.69) is 5.32 Å². The van der Waals surface area contributed by atoms with Crippen LogP contribution >= 0.6 is 0 Å². The number of rotatable bonds is 6. The molecular formula is C24H19N3O7S. The van der Waals surface area contributed by atoms with E-state index in [1.807, 2.05) is 0 Å². The molecule has 0 aromatic heterocycles. The van der Waals surface area contributed by atoms with Gasteiger partial charge in [-0.15, -0.1) is 0 Å². The molecule has 1 aliphatic rings. The van der Waals surface area contributed by atoms with Gasteiger partial charge in [0.25, 0.3) is 17.7 Å². The van der Waals surface area contributed by atoms with E-state index in [1.54, 1.807) is 31.2 Å². The molecule has 0 atom stereocenters. The zero-order chi connectivity index (χ0) is 25.3. The first-order valence-electron chi connectivity index (χ1n) is 10.2. The number of ether oxygens (including phenoxy) is 1. The van der Waals surface area contributed by atoms with Crippen molar-refractivity contribution < 1.29 is 32.3 Å². The molecule has 1 aliphatic heterocycles. The molecule has 11 heteroatoms. The Morgan fingerprint density at radius 1 is 0.943 bits per heavy atom. The fourth-order valence-corrected chi connectivity index (χ4v) is 4.40. The Morgan fingerprint density at radius 2 is 1.60 bits per heavy atom. The van der Waals surface area contributed by atoms with Gasteiger partial charge in [-0.1, -0.05) is 24.3 Å². The molecule has 0 radical (unpaired) electrons. The van der Waals surface area contributed by atoms with Gasteiger partial charge in [0.1, 0.15) is 0 Å². The summed E-state index contributed by atoms with van der Waals surface area (Å²) in [5.41, 5.74) is 1.32. The highest BCUT2D eigenvalue weighted by Gasteiger charge is 2.36. The van der Waals surface area contributed by atoms with E-state index >= 15 is 0 Å². The number of carbonyl (C=O) groups is 4. The van der Waals surface area contributed by atoms with Crippen LogP contribution in [0, 0.1) is 6.92 Å². The zero-order valence-corrected chi connectivity index (χ0v) is 19.2. The van der Waals surface area contributed by atoms with E-state index in [-0.39, 0.29) is 33.0 Å². The lowest BCUT2D eigenvalue weighted by molar-refractivity contribution is -0.119. The first-order chi connectivity index (χ1) is 16.6. The zero-order valence-electron chi connectivity index (χ0n) is 18.3. The van der Waals surface area contributed by atoms with Gasteiger partial charge in [-0.05, 0) is 55.0 Å². The number of anilines is 2. The standard InChI is InChI=1S/C24H19N3O7S/c1-14-9-10-16(12-20(14)35(25,32)33)26-21(28)13-34-24(31)15-5-4-6-17(11-15)27-22(29)18-7-2-3-8-19(18)23(27)30/h2-12H,13H2,1H3,(H,26,28)(H2,25,32,33). The third-order valence-electron chi connectivity index (χ3n) is 5.25. The number of primary sulfonamides is 1. The maximum absolute atomic E-state index is 12.7. The van der Waals surface area contributed by atoms with Crippen LogP contribution in [-0.4, -0.2) is 38.7 Å². The molecule has 3 aromatic carbocycles. The highest BCUT2D eigenvalue weighted by Crippen LogP contribution is 2.29. The van der Waals surface area contributed by atoms with Gasteiger partial charge in [-0.25, -0.2) is 23.3 Å². The second kappa shape index (κ2) is 9.12. The van der Waals surface area contributed by atoms with Crippen LogP contribution in [0.5, 0.6) is 0 Å². The number of nitrogens with two attached hydrogens (primary N) is 1. The Morgan fingerprint density at radius 3 is 2.23 bits per heavy atom. The highest BCUT2D eigenvalue weighted by molar-refractivity contribution is 7.89. The molecule has 0 spiro atoms. The van der Waals surface area contributed by atoms with Gasteiger partial charge in [-0.3, -0.25) is 14.4 Å². The van der Waals surface area contributed by atoms with Crippen molar-refractivity contribution in [3.8, 4) is 0 Å². The van der Waals surface area contributed by atoms with Gasteiger partial charge in [0.05, 0.1) is 27.3 Å². The van der Waals surface area contributed by atoms with Gasteiger partial charge < -0.3 is 10.1 Å². The minimum atomic E-state index is -3.98. The number of sulfonamides is 1. The number of esters is 1. The molecule has 1 heterocycles. The molecule has 3 aromatic rings. The van der Waals surface area contributed by atoms with Crippen LogP contribution in [0.1, 0.15) is 36.6 Å². The normalized spacial score (nSPS) is 12.9. The van der Waals surface area contributed by atoms with E-state index in [1.165, 1.54) is 42.5 Å². The number of benzene rings is 3. The molecule has 178 valence electrons. The molecule has 4 rings (SSSR count). The number of fused-ring (bicyclic) bond motifs is 1. The molecule has 0 saturated carbocycles. The highest BCUT2D eigenvalue weighted by atomic mass is 32.2. The van der Waals surface area contributed by atoms with Crippen molar-refractivity contribution in [3.05, 3.63) is 89.0 Å². The van der Waals surface area contributed by atoms with E-state index < -0.39 is 40.3 Å². The third-order valence-corrected chi connectivity index (χ3v) is 6.30. The number of nitrogens with zero attached hydrogens (tertiary/aromatic N) is 1. The van der Waals surface area contributed by atoms with E-state index in [0.29, 0.717) is 5.56 Å². The number of aryl methyl sites for hydroxylation is 1. The SMILES string of the molecule is Cc1ccc(NC(=O)COC(=O)c2cccc(N3C(=O)c4ccccc4C3=O)c2)cc1S(N)(=O)=O. The number of carbonyl (C=O) groups excluding carboxylic acids is 4. The molecule has 35 heavy (non-hydrogen) atoms. The summed E-state index contributed by atoms with van der Waals surface area (Å²) in [6.45, 7) is 0.901. The summed E-state index contributed by atoms with van der Waals surface area (Å²) in [6.07, 6.45) is 0. The van der Waals surface area contributed by atoms with Gasteiger partial charge in [0.2, 0.25) is 10.0 Å². The fourth-order valence-electron chi connectivity index (χ4n) is 3.59. The Hall–Kier alpha value is -4.35. The van der Waals surface area contributed by atoms with Crippen molar-refractivity contribution in [3.63, 3.8) is 0 Å². The summed E-state index contributed by atoms with van der Waals surface area (Å²) in [5.74, 6) is -2.58. The number of hydrogen-bond donors (Lipinski definition) is 2.